The normalized spacial score (nSPS) is 18.4. The minimum atomic E-state index is -4.73. The zero-order valence-electron chi connectivity index (χ0n) is 9.02. The van der Waals surface area contributed by atoms with Crippen molar-refractivity contribution in [2.24, 2.45) is 0 Å². The Balaban J connectivity index is 2.61. The van der Waals surface area contributed by atoms with Crippen molar-refractivity contribution in [3.05, 3.63) is 32.2 Å². The Morgan fingerprint density at radius 2 is 1.95 bits per heavy atom. The fraction of sp³-hybridized carbons (Fsp3) is 0.182. The van der Waals surface area contributed by atoms with E-state index in [-0.39, 0.29) is 5.69 Å². The average molecular weight is 400 g/mol. The molecule has 0 saturated heterocycles. The van der Waals surface area contributed by atoms with Gasteiger partial charge in [-0.3, -0.25) is 0 Å². The molecule has 0 radical (unpaired) electrons. The average Bonchev–Trinajstić information content (AvgIpc) is 2.25. The van der Waals surface area contributed by atoms with Gasteiger partial charge in [-0.05, 0) is 34.1 Å². The third kappa shape index (κ3) is 2.79. The van der Waals surface area contributed by atoms with Crippen molar-refractivity contribution < 1.29 is 23.1 Å². The van der Waals surface area contributed by atoms with E-state index in [1.54, 1.807) is 6.07 Å². The van der Waals surface area contributed by atoms with Gasteiger partial charge in [0.25, 0.3) is 0 Å². The van der Waals surface area contributed by atoms with E-state index in [2.05, 4.69) is 37.2 Å². The summed E-state index contributed by atoms with van der Waals surface area (Å²) in [6.45, 7) is 0. The number of carbonyl (C=O) groups excluding carboxylic acids is 1. The van der Waals surface area contributed by atoms with Crippen molar-refractivity contribution in [3.63, 3.8) is 0 Å². The number of rotatable bonds is 1. The van der Waals surface area contributed by atoms with Crippen molar-refractivity contribution in [1.82, 2.24) is 0 Å². The molecule has 2 rings (SSSR count). The Morgan fingerprint density at radius 3 is 2.47 bits per heavy atom. The first-order valence-electron chi connectivity index (χ1n) is 4.95. The number of anilines is 1. The molecule has 1 aromatic carbocycles. The van der Waals surface area contributed by atoms with Crippen molar-refractivity contribution >= 4 is 49.6 Å². The van der Waals surface area contributed by atoms with E-state index in [4.69, 9.17) is 0 Å². The molecule has 0 amide bonds. The zero-order chi connectivity index (χ0) is 14.4. The van der Waals surface area contributed by atoms with Crippen molar-refractivity contribution in [3.8, 4) is 0 Å². The molecule has 0 spiro atoms. The maximum atomic E-state index is 12.8. The fourth-order valence-electron chi connectivity index (χ4n) is 1.77. The lowest BCUT2D eigenvalue weighted by Crippen LogP contribution is -2.45. The number of nitrogens with one attached hydrogen (secondary N) is 1. The van der Waals surface area contributed by atoms with Gasteiger partial charge in [0, 0.05) is 20.1 Å². The molecule has 1 heterocycles. The molecule has 102 valence electrons. The van der Waals surface area contributed by atoms with Crippen LogP contribution in [0.4, 0.5) is 18.9 Å². The highest BCUT2D eigenvalue weighted by molar-refractivity contribution is 9.11. The summed E-state index contributed by atoms with van der Waals surface area (Å²) in [4.78, 5) is 10.8. The predicted molar refractivity (Wildman–Crippen MR) is 68.3 cm³/mol. The van der Waals surface area contributed by atoms with Gasteiger partial charge in [-0.15, -0.1) is 0 Å². The van der Waals surface area contributed by atoms with Gasteiger partial charge < -0.3 is 15.2 Å². The first-order chi connectivity index (χ1) is 8.70. The standard InChI is InChI=1S/C11H6Br2F3NO2/c12-5-1-4-2-6(10(18)19)9(11(14,15)16)17-8(4)7(13)3-5/h1-3,9,17H,(H,18,19)/p-1. The molecule has 0 fully saturated rings. The molecule has 3 nitrogen and oxygen atoms in total. The number of fused-ring (bicyclic) bond motifs is 1. The second-order valence-corrected chi connectivity index (χ2v) is 5.63. The third-order valence-corrected chi connectivity index (χ3v) is 3.64. The van der Waals surface area contributed by atoms with Gasteiger partial charge in [-0.1, -0.05) is 15.9 Å². The number of hydrogen-bond acceptors (Lipinski definition) is 3. The summed E-state index contributed by atoms with van der Waals surface area (Å²) in [6, 6.07) is 0.794. The Bertz CT molecular complexity index is 584. The van der Waals surface area contributed by atoms with E-state index in [1.165, 1.54) is 6.07 Å². The van der Waals surface area contributed by atoms with Gasteiger partial charge in [0.1, 0.15) is 0 Å². The number of halogens is 5. The first kappa shape index (κ1) is 14.4. The highest BCUT2D eigenvalue weighted by atomic mass is 79.9. The van der Waals surface area contributed by atoms with Crippen molar-refractivity contribution in [1.29, 1.82) is 0 Å². The van der Waals surface area contributed by atoms with Crippen LogP contribution < -0.4 is 10.4 Å². The van der Waals surface area contributed by atoms with E-state index in [0.717, 1.165) is 6.08 Å². The summed E-state index contributed by atoms with van der Waals surface area (Å²) >= 11 is 6.31. The zero-order valence-corrected chi connectivity index (χ0v) is 12.2. The van der Waals surface area contributed by atoms with Crippen LogP contribution in [0.5, 0.6) is 0 Å². The van der Waals surface area contributed by atoms with Crippen molar-refractivity contribution in [2.45, 2.75) is 12.2 Å². The quantitative estimate of drug-likeness (QED) is 0.789. The predicted octanol–water partition coefficient (Wildman–Crippen LogP) is 2.70. The first-order valence-corrected chi connectivity index (χ1v) is 6.54. The molecular formula is C11H5Br2F3NO2-. The lowest BCUT2D eigenvalue weighted by atomic mass is 9.97. The van der Waals surface area contributed by atoms with Crippen LogP contribution >= 0.6 is 31.9 Å². The number of alkyl halides is 3. The second-order valence-electron chi connectivity index (χ2n) is 3.86. The topological polar surface area (TPSA) is 52.2 Å². The van der Waals surface area contributed by atoms with Crippen LogP contribution in [0.1, 0.15) is 5.56 Å². The Morgan fingerprint density at radius 1 is 1.32 bits per heavy atom. The number of carbonyl (C=O) groups is 1. The highest BCUT2D eigenvalue weighted by Crippen LogP contribution is 2.40. The summed E-state index contributed by atoms with van der Waals surface area (Å²) in [5.41, 5.74) is -0.318. The van der Waals surface area contributed by atoms with Gasteiger partial charge >= 0.3 is 6.18 Å². The SMILES string of the molecule is O=C([O-])C1=Cc2cc(Br)cc(Br)c2NC1C(F)(F)F. The molecule has 0 aliphatic carbocycles. The van der Waals surface area contributed by atoms with E-state index < -0.39 is 23.8 Å². The van der Waals surface area contributed by atoms with E-state index >= 15 is 0 Å². The molecule has 0 bridgehead atoms. The molecule has 1 unspecified atom stereocenters. The maximum absolute atomic E-state index is 12.8. The summed E-state index contributed by atoms with van der Waals surface area (Å²) in [7, 11) is 0. The highest BCUT2D eigenvalue weighted by Gasteiger charge is 2.44. The number of carboxylic acid groups (broad SMARTS) is 1. The summed E-state index contributed by atoms with van der Waals surface area (Å²) in [6.07, 6.45) is -3.76. The monoisotopic (exact) mass is 398 g/mol. The van der Waals surface area contributed by atoms with Crippen LogP contribution in [0.15, 0.2) is 26.7 Å². The van der Waals surface area contributed by atoms with Gasteiger partial charge in [-0.2, -0.15) is 13.2 Å². The Kier molecular flexibility index (Phi) is 3.65. The van der Waals surface area contributed by atoms with Crippen LogP contribution in [0.3, 0.4) is 0 Å². The number of aliphatic carboxylic acids is 1. The Hall–Kier alpha value is -1.02. The molecule has 1 aliphatic heterocycles. The Labute approximate surface area is 122 Å². The lowest BCUT2D eigenvalue weighted by molar-refractivity contribution is -0.300. The maximum Gasteiger partial charge on any atom is 0.412 e. The number of carboxylic acids is 1. The van der Waals surface area contributed by atoms with Crippen LogP contribution in [0.2, 0.25) is 0 Å². The lowest BCUT2D eigenvalue weighted by Gasteiger charge is -2.31. The summed E-state index contributed by atoms with van der Waals surface area (Å²) < 4.78 is 39.5. The molecule has 19 heavy (non-hydrogen) atoms. The molecule has 1 aromatic rings. The molecule has 1 aliphatic rings. The van der Waals surface area contributed by atoms with Gasteiger partial charge in [0.2, 0.25) is 0 Å². The molecular weight excluding hydrogens is 395 g/mol. The second kappa shape index (κ2) is 4.82. The number of hydrogen-bond donors (Lipinski definition) is 1. The smallest absolute Gasteiger partial charge is 0.412 e. The van der Waals surface area contributed by atoms with Crippen LogP contribution in [0.25, 0.3) is 6.08 Å². The third-order valence-electron chi connectivity index (χ3n) is 2.56. The van der Waals surface area contributed by atoms with Gasteiger partial charge in [-0.25, -0.2) is 0 Å². The number of benzene rings is 1. The molecule has 1 N–H and O–H groups in total. The van der Waals surface area contributed by atoms with Gasteiger partial charge in [0.15, 0.2) is 6.04 Å². The minimum Gasteiger partial charge on any atom is -0.545 e. The molecule has 8 heteroatoms. The molecule has 0 saturated carbocycles. The van der Waals surface area contributed by atoms with Gasteiger partial charge in [0.05, 0.1) is 11.7 Å². The van der Waals surface area contributed by atoms with E-state index in [9.17, 15) is 23.1 Å². The summed E-state index contributed by atoms with van der Waals surface area (Å²) in [5, 5.41) is 13.0. The summed E-state index contributed by atoms with van der Waals surface area (Å²) in [5.74, 6) is -1.85. The largest absolute Gasteiger partial charge is 0.545 e. The van der Waals surface area contributed by atoms with Crippen LogP contribution in [-0.2, 0) is 4.79 Å². The van der Waals surface area contributed by atoms with E-state index in [0.29, 0.717) is 14.5 Å². The fourth-order valence-corrected chi connectivity index (χ4v) is 3.14. The van der Waals surface area contributed by atoms with E-state index in [1.807, 2.05) is 0 Å². The van der Waals surface area contributed by atoms with Crippen LogP contribution in [0, 0.1) is 0 Å². The molecule has 0 aromatic heterocycles. The minimum absolute atomic E-state index is 0.190. The molecule has 1 atom stereocenters. The van der Waals surface area contributed by atoms with Crippen molar-refractivity contribution in [2.75, 3.05) is 5.32 Å². The van der Waals surface area contributed by atoms with Crippen LogP contribution in [-0.4, -0.2) is 18.2 Å².